The van der Waals surface area contributed by atoms with E-state index in [1.54, 1.807) is 6.07 Å². The molecule has 4 aromatic rings. The van der Waals surface area contributed by atoms with Gasteiger partial charge in [-0.3, -0.25) is 4.68 Å². The molecule has 0 saturated carbocycles. The zero-order chi connectivity index (χ0) is 18.1. The van der Waals surface area contributed by atoms with Gasteiger partial charge in [-0.15, -0.1) is 0 Å². The van der Waals surface area contributed by atoms with E-state index >= 15 is 0 Å². The van der Waals surface area contributed by atoms with E-state index in [0.717, 1.165) is 27.7 Å². The maximum absolute atomic E-state index is 12.0. The van der Waals surface area contributed by atoms with Crippen LogP contribution in [0.1, 0.15) is 16.1 Å². The maximum Gasteiger partial charge on any atom is 0.358 e. The molecule has 0 spiro atoms. The molecular formula is C21H19N3O2. The van der Waals surface area contributed by atoms with Crippen molar-refractivity contribution >= 4 is 16.9 Å². The predicted octanol–water partition coefficient (Wildman–Crippen LogP) is 3.88. The largest absolute Gasteiger partial charge is 0.464 e. The third-order valence-corrected chi connectivity index (χ3v) is 4.52. The lowest BCUT2D eigenvalue weighted by molar-refractivity contribution is 0.0593. The summed E-state index contributed by atoms with van der Waals surface area (Å²) in [5.74, 6) is -0.432. The molecule has 130 valence electrons. The topological polar surface area (TPSA) is 49.0 Å². The number of carbonyl (C=O) groups is 1. The molecular weight excluding hydrogens is 326 g/mol. The molecule has 0 radical (unpaired) electrons. The van der Waals surface area contributed by atoms with Crippen molar-refractivity contribution in [1.29, 1.82) is 0 Å². The minimum absolute atomic E-state index is 0.311. The van der Waals surface area contributed by atoms with Gasteiger partial charge in [-0.05, 0) is 17.7 Å². The molecule has 4 rings (SSSR count). The summed E-state index contributed by atoms with van der Waals surface area (Å²) in [4.78, 5) is 12.0. The highest BCUT2D eigenvalue weighted by Gasteiger charge is 2.19. The SMILES string of the molecule is COC(=O)c1cc(-c2cn(C)c3ccccc23)n(Cc2ccccc2)n1. The van der Waals surface area contributed by atoms with Crippen LogP contribution in [0, 0.1) is 0 Å². The Morgan fingerprint density at radius 2 is 1.81 bits per heavy atom. The van der Waals surface area contributed by atoms with Crippen molar-refractivity contribution in [2.24, 2.45) is 7.05 Å². The Kier molecular flexibility index (Phi) is 4.05. The van der Waals surface area contributed by atoms with Crippen molar-refractivity contribution in [2.75, 3.05) is 7.11 Å². The van der Waals surface area contributed by atoms with E-state index in [1.807, 2.05) is 54.2 Å². The molecule has 0 amide bonds. The van der Waals surface area contributed by atoms with E-state index in [1.165, 1.54) is 7.11 Å². The molecule has 0 fully saturated rings. The predicted molar refractivity (Wildman–Crippen MR) is 101 cm³/mol. The van der Waals surface area contributed by atoms with Gasteiger partial charge in [0.1, 0.15) is 0 Å². The van der Waals surface area contributed by atoms with E-state index < -0.39 is 5.97 Å². The second-order valence-electron chi connectivity index (χ2n) is 6.22. The molecule has 0 N–H and O–H groups in total. The van der Waals surface area contributed by atoms with Crippen molar-refractivity contribution in [3.63, 3.8) is 0 Å². The molecule has 0 unspecified atom stereocenters. The summed E-state index contributed by atoms with van der Waals surface area (Å²) < 4.78 is 8.81. The van der Waals surface area contributed by atoms with Gasteiger partial charge in [0, 0.05) is 29.7 Å². The van der Waals surface area contributed by atoms with Crippen LogP contribution in [-0.2, 0) is 18.3 Å². The molecule has 0 saturated heterocycles. The average molecular weight is 345 g/mol. The number of ether oxygens (including phenoxy) is 1. The van der Waals surface area contributed by atoms with Gasteiger partial charge in [0.2, 0.25) is 0 Å². The molecule has 26 heavy (non-hydrogen) atoms. The Labute approximate surface area is 151 Å². The fourth-order valence-corrected chi connectivity index (χ4v) is 3.26. The number of benzene rings is 2. The fourth-order valence-electron chi connectivity index (χ4n) is 3.26. The Hall–Kier alpha value is -3.34. The lowest BCUT2D eigenvalue weighted by atomic mass is 10.1. The van der Waals surface area contributed by atoms with E-state index in [9.17, 15) is 4.79 Å². The van der Waals surface area contributed by atoms with Gasteiger partial charge >= 0.3 is 5.97 Å². The smallest absolute Gasteiger partial charge is 0.358 e. The van der Waals surface area contributed by atoms with Crippen molar-refractivity contribution < 1.29 is 9.53 Å². The Balaban J connectivity index is 1.88. The molecule has 2 aromatic heterocycles. The van der Waals surface area contributed by atoms with Crippen LogP contribution in [0.5, 0.6) is 0 Å². The third kappa shape index (κ3) is 2.77. The first-order valence-corrected chi connectivity index (χ1v) is 8.42. The Bertz CT molecular complexity index is 1080. The molecule has 2 aromatic carbocycles. The summed E-state index contributed by atoms with van der Waals surface area (Å²) in [6.07, 6.45) is 2.07. The van der Waals surface area contributed by atoms with Crippen LogP contribution in [0.25, 0.3) is 22.2 Å². The van der Waals surface area contributed by atoms with Crippen LogP contribution in [0.2, 0.25) is 0 Å². The van der Waals surface area contributed by atoms with E-state index in [-0.39, 0.29) is 0 Å². The monoisotopic (exact) mass is 345 g/mol. The minimum Gasteiger partial charge on any atom is -0.464 e. The van der Waals surface area contributed by atoms with Crippen molar-refractivity contribution in [1.82, 2.24) is 14.3 Å². The molecule has 0 aliphatic rings. The Morgan fingerprint density at radius 1 is 1.08 bits per heavy atom. The van der Waals surface area contributed by atoms with Gasteiger partial charge in [0.25, 0.3) is 0 Å². The standard InChI is InChI=1S/C21H19N3O2/c1-23-14-17(16-10-6-7-11-19(16)23)20-12-18(21(25)26-2)22-24(20)13-15-8-4-3-5-9-15/h3-12,14H,13H2,1-2H3. The van der Waals surface area contributed by atoms with Gasteiger partial charge in [-0.2, -0.15) is 5.10 Å². The summed E-state index contributed by atoms with van der Waals surface area (Å²) in [6, 6.07) is 20.1. The molecule has 0 aliphatic carbocycles. The number of hydrogen-bond donors (Lipinski definition) is 0. The zero-order valence-corrected chi connectivity index (χ0v) is 14.7. The molecule has 5 heteroatoms. The number of rotatable bonds is 4. The van der Waals surface area contributed by atoms with Crippen molar-refractivity contribution in [2.45, 2.75) is 6.54 Å². The average Bonchev–Trinajstić information content (AvgIpc) is 3.23. The van der Waals surface area contributed by atoms with Crippen LogP contribution < -0.4 is 0 Å². The molecule has 0 bridgehead atoms. The number of fused-ring (bicyclic) bond motifs is 1. The van der Waals surface area contributed by atoms with Crippen molar-refractivity contribution in [3.05, 3.63) is 78.1 Å². The fraction of sp³-hybridized carbons (Fsp3) is 0.143. The highest BCUT2D eigenvalue weighted by Crippen LogP contribution is 2.31. The normalized spacial score (nSPS) is 11.0. The molecule has 2 heterocycles. The third-order valence-electron chi connectivity index (χ3n) is 4.52. The number of hydrogen-bond acceptors (Lipinski definition) is 3. The first-order valence-electron chi connectivity index (χ1n) is 8.42. The minimum atomic E-state index is -0.432. The maximum atomic E-state index is 12.0. The van der Waals surface area contributed by atoms with Crippen LogP contribution in [0.4, 0.5) is 0 Å². The number of aryl methyl sites for hydroxylation is 1. The second-order valence-corrected chi connectivity index (χ2v) is 6.22. The number of nitrogens with zero attached hydrogens (tertiary/aromatic N) is 3. The number of esters is 1. The summed E-state index contributed by atoms with van der Waals surface area (Å²) in [5.41, 5.74) is 4.50. The molecule has 5 nitrogen and oxygen atoms in total. The van der Waals surface area contributed by atoms with Gasteiger partial charge in [0.05, 0.1) is 19.3 Å². The van der Waals surface area contributed by atoms with E-state index in [2.05, 4.69) is 28.0 Å². The van der Waals surface area contributed by atoms with E-state index in [0.29, 0.717) is 12.2 Å². The number of methoxy groups -OCH3 is 1. The van der Waals surface area contributed by atoms with Crippen LogP contribution >= 0.6 is 0 Å². The second kappa shape index (κ2) is 6.52. The highest BCUT2D eigenvalue weighted by molar-refractivity contribution is 5.97. The molecule has 0 aliphatic heterocycles. The zero-order valence-electron chi connectivity index (χ0n) is 14.7. The summed E-state index contributed by atoms with van der Waals surface area (Å²) >= 11 is 0. The molecule has 0 atom stereocenters. The summed E-state index contributed by atoms with van der Waals surface area (Å²) in [7, 11) is 3.39. The lowest BCUT2D eigenvalue weighted by Gasteiger charge is -2.07. The Morgan fingerprint density at radius 3 is 2.58 bits per heavy atom. The quantitative estimate of drug-likeness (QED) is 0.528. The number of aromatic nitrogens is 3. The van der Waals surface area contributed by atoms with Gasteiger partial charge < -0.3 is 9.30 Å². The van der Waals surface area contributed by atoms with Crippen molar-refractivity contribution in [3.8, 4) is 11.3 Å². The number of carbonyl (C=O) groups excluding carboxylic acids is 1. The van der Waals surface area contributed by atoms with Crippen LogP contribution in [0.3, 0.4) is 0 Å². The summed E-state index contributed by atoms with van der Waals surface area (Å²) in [6.45, 7) is 0.580. The van der Waals surface area contributed by atoms with Gasteiger partial charge in [-0.1, -0.05) is 48.5 Å². The van der Waals surface area contributed by atoms with Crippen LogP contribution in [-0.4, -0.2) is 27.4 Å². The van der Waals surface area contributed by atoms with Crippen LogP contribution in [0.15, 0.2) is 66.9 Å². The number of para-hydroxylation sites is 1. The first-order chi connectivity index (χ1) is 12.7. The lowest BCUT2D eigenvalue weighted by Crippen LogP contribution is -2.07. The summed E-state index contributed by atoms with van der Waals surface area (Å²) in [5, 5.41) is 5.63. The highest BCUT2D eigenvalue weighted by atomic mass is 16.5. The van der Waals surface area contributed by atoms with Gasteiger partial charge in [-0.25, -0.2) is 4.79 Å². The van der Waals surface area contributed by atoms with Gasteiger partial charge in [0.15, 0.2) is 5.69 Å². The van der Waals surface area contributed by atoms with E-state index in [4.69, 9.17) is 4.74 Å². The first kappa shape index (κ1) is 16.1.